The van der Waals surface area contributed by atoms with Crippen LogP contribution in [0, 0.1) is 11.3 Å². The molecule has 144 valence electrons. The molecule has 0 aliphatic carbocycles. The number of carbonyl (C=O) groups excluding carboxylic acids is 2. The van der Waals surface area contributed by atoms with E-state index < -0.39 is 12.5 Å². The topological polar surface area (TPSA) is 82.4 Å². The molecule has 0 fully saturated rings. The summed E-state index contributed by atoms with van der Waals surface area (Å²) in [5.41, 5.74) is 0.691. The fraction of sp³-hybridized carbons (Fsp3) is 0.150. The van der Waals surface area contributed by atoms with Gasteiger partial charge in [0.25, 0.3) is 11.8 Å². The standard InChI is InChI=1S/C20H17F2N3O3/c1-25(2)19(27)13-7-9-16(10-8-13)24-18(26)15(12-23)11-14-5-3-4-6-17(14)28-20(21)22/h3-11,20H,1-2H3,(H,24,26)/b15-11-. The van der Waals surface area contributed by atoms with Gasteiger partial charge >= 0.3 is 6.61 Å². The second kappa shape index (κ2) is 9.28. The van der Waals surface area contributed by atoms with Crippen molar-refractivity contribution < 1.29 is 23.1 Å². The van der Waals surface area contributed by atoms with Crippen LogP contribution in [-0.2, 0) is 4.79 Å². The number of hydrogen-bond donors (Lipinski definition) is 1. The van der Waals surface area contributed by atoms with Crippen molar-refractivity contribution in [3.8, 4) is 11.8 Å². The van der Waals surface area contributed by atoms with Gasteiger partial charge in [0.1, 0.15) is 17.4 Å². The van der Waals surface area contributed by atoms with E-state index in [9.17, 15) is 23.6 Å². The summed E-state index contributed by atoms with van der Waals surface area (Å²) in [5.74, 6) is -1.06. The maximum absolute atomic E-state index is 12.5. The highest BCUT2D eigenvalue weighted by atomic mass is 19.3. The molecular formula is C20H17F2N3O3. The molecule has 0 saturated carbocycles. The van der Waals surface area contributed by atoms with E-state index in [1.807, 2.05) is 0 Å². The molecule has 2 aromatic carbocycles. The van der Waals surface area contributed by atoms with Crippen LogP contribution in [0.15, 0.2) is 54.1 Å². The number of alkyl halides is 2. The number of amides is 2. The molecule has 28 heavy (non-hydrogen) atoms. The Morgan fingerprint density at radius 1 is 1.14 bits per heavy atom. The fourth-order valence-electron chi connectivity index (χ4n) is 2.26. The smallest absolute Gasteiger partial charge is 0.387 e. The van der Waals surface area contributed by atoms with Gasteiger partial charge < -0.3 is 15.0 Å². The molecule has 2 rings (SSSR count). The number of halogens is 2. The number of para-hydroxylation sites is 1. The first-order chi connectivity index (χ1) is 13.3. The highest BCUT2D eigenvalue weighted by Gasteiger charge is 2.14. The molecule has 8 heteroatoms. The summed E-state index contributed by atoms with van der Waals surface area (Å²) in [4.78, 5) is 25.6. The van der Waals surface area contributed by atoms with Crippen LogP contribution in [0.2, 0.25) is 0 Å². The van der Waals surface area contributed by atoms with Crippen molar-refractivity contribution in [1.82, 2.24) is 4.90 Å². The lowest BCUT2D eigenvalue weighted by molar-refractivity contribution is -0.112. The van der Waals surface area contributed by atoms with Crippen LogP contribution >= 0.6 is 0 Å². The number of nitrogens with zero attached hydrogens (tertiary/aromatic N) is 2. The van der Waals surface area contributed by atoms with Gasteiger partial charge in [-0.05, 0) is 36.4 Å². The number of hydrogen-bond acceptors (Lipinski definition) is 4. The van der Waals surface area contributed by atoms with E-state index in [2.05, 4.69) is 10.1 Å². The summed E-state index contributed by atoms with van der Waals surface area (Å²) in [7, 11) is 3.25. The minimum Gasteiger partial charge on any atom is -0.434 e. The van der Waals surface area contributed by atoms with E-state index in [-0.39, 0.29) is 22.8 Å². The first-order valence-corrected chi connectivity index (χ1v) is 8.10. The first kappa shape index (κ1) is 20.6. The van der Waals surface area contributed by atoms with Gasteiger partial charge in [0.2, 0.25) is 0 Å². The summed E-state index contributed by atoms with van der Waals surface area (Å²) in [6.45, 7) is -3.03. The first-order valence-electron chi connectivity index (χ1n) is 8.10. The molecule has 0 aromatic heterocycles. The predicted octanol–water partition coefficient (Wildman–Crippen LogP) is 3.54. The van der Waals surface area contributed by atoms with Crippen molar-refractivity contribution in [2.45, 2.75) is 6.61 Å². The lowest BCUT2D eigenvalue weighted by Crippen LogP contribution is -2.21. The number of carbonyl (C=O) groups is 2. The van der Waals surface area contributed by atoms with E-state index in [1.165, 1.54) is 35.2 Å². The van der Waals surface area contributed by atoms with Crippen LogP contribution in [0.25, 0.3) is 6.08 Å². The van der Waals surface area contributed by atoms with Gasteiger partial charge in [0, 0.05) is 30.9 Å². The summed E-state index contributed by atoms with van der Waals surface area (Å²) in [5, 5.41) is 11.8. The molecule has 0 aliphatic heterocycles. The number of nitriles is 1. The normalized spacial score (nSPS) is 10.9. The Morgan fingerprint density at radius 3 is 2.36 bits per heavy atom. The van der Waals surface area contributed by atoms with Crippen molar-refractivity contribution in [3.05, 3.63) is 65.2 Å². The Morgan fingerprint density at radius 2 is 1.79 bits per heavy atom. The van der Waals surface area contributed by atoms with E-state index in [0.717, 1.165) is 6.08 Å². The molecular weight excluding hydrogens is 368 g/mol. The van der Waals surface area contributed by atoms with Crippen LogP contribution in [-0.4, -0.2) is 37.4 Å². The van der Waals surface area contributed by atoms with Gasteiger partial charge in [-0.25, -0.2) is 0 Å². The van der Waals surface area contributed by atoms with Gasteiger partial charge in [-0.3, -0.25) is 9.59 Å². The zero-order valence-electron chi connectivity index (χ0n) is 15.1. The Hall–Kier alpha value is -3.73. The van der Waals surface area contributed by atoms with Gasteiger partial charge in [0.15, 0.2) is 0 Å². The van der Waals surface area contributed by atoms with Crippen LogP contribution in [0.3, 0.4) is 0 Å². The maximum Gasteiger partial charge on any atom is 0.387 e. The predicted molar refractivity (Wildman–Crippen MR) is 99.8 cm³/mol. The summed E-state index contributed by atoms with van der Waals surface area (Å²) < 4.78 is 29.4. The van der Waals surface area contributed by atoms with Gasteiger partial charge in [0.05, 0.1) is 0 Å². The molecule has 0 saturated heterocycles. The van der Waals surface area contributed by atoms with Crippen molar-refractivity contribution in [2.75, 3.05) is 19.4 Å². The highest BCUT2D eigenvalue weighted by Crippen LogP contribution is 2.23. The number of benzene rings is 2. The zero-order chi connectivity index (χ0) is 20.7. The molecule has 1 N–H and O–H groups in total. The van der Waals surface area contributed by atoms with Gasteiger partial charge in [-0.15, -0.1) is 0 Å². The number of ether oxygens (including phenoxy) is 1. The van der Waals surface area contributed by atoms with Crippen molar-refractivity contribution >= 4 is 23.6 Å². The molecule has 0 spiro atoms. The number of nitrogens with one attached hydrogen (secondary N) is 1. The molecule has 6 nitrogen and oxygen atoms in total. The molecule has 0 atom stereocenters. The lowest BCUT2D eigenvalue weighted by Gasteiger charge is -2.11. The largest absolute Gasteiger partial charge is 0.434 e. The molecule has 0 heterocycles. The van der Waals surface area contributed by atoms with Crippen LogP contribution in [0.1, 0.15) is 15.9 Å². The number of rotatable bonds is 6. The van der Waals surface area contributed by atoms with Crippen LogP contribution in [0.4, 0.5) is 14.5 Å². The van der Waals surface area contributed by atoms with E-state index in [1.54, 1.807) is 38.4 Å². The molecule has 2 aromatic rings. The second-order valence-electron chi connectivity index (χ2n) is 5.82. The van der Waals surface area contributed by atoms with E-state index >= 15 is 0 Å². The minimum atomic E-state index is -3.03. The SMILES string of the molecule is CN(C)C(=O)c1ccc(NC(=O)/C(C#N)=C\c2ccccc2OC(F)F)cc1. The molecule has 0 aliphatic rings. The van der Waals surface area contributed by atoms with Crippen LogP contribution in [0.5, 0.6) is 5.75 Å². The highest BCUT2D eigenvalue weighted by molar-refractivity contribution is 6.10. The average Bonchev–Trinajstić information content (AvgIpc) is 2.66. The summed E-state index contributed by atoms with van der Waals surface area (Å²) in [6.07, 6.45) is 1.16. The quantitative estimate of drug-likeness (QED) is 0.609. The molecule has 0 bridgehead atoms. The molecule has 0 radical (unpaired) electrons. The van der Waals surface area contributed by atoms with Crippen LogP contribution < -0.4 is 10.1 Å². The molecule has 0 unspecified atom stereocenters. The monoisotopic (exact) mass is 385 g/mol. The Kier molecular flexibility index (Phi) is 6.82. The number of anilines is 1. The molecule has 2 amide bonds. The van der Waals surface area contributed by atoms with Gasteiger partial charge in [-0.2, -0.15) is 14.0 Å². The second-order valence-corrected chi connectivity index (χ2v) is 5.82. The third-order valence-corrected chi connectivity index (χ3v) is 3.60. The van der Waals surface area contributed by atoms with E-state index in [4.69, 9.17) is 0 Å². The van der Waals surface area contributed by atoms with Gasteiger partial charge in [-0.1, -0.05) is 18.2 Å². The summed E-state index contributed by atoms with van der Waals surface area (Å²) in [6, 6.07) is 13.7. The zero-order valence-corrected chi connectivity index (χ0v) is 15.1. The Balaban J connectivity index is 2.20. The Bertz CT molecular complexity index is 932. The summed E-state index contributed by atoms with van der Waals surface area (Å²) >= 11 is 0. The van der Waals surface area contributed by atoms with Crippen molar-refractivity contribution in [1.29, 1.82) is 5.26 Å². The van der Waals surface area contributed by atoms with Crippen molar-refractivity contribution in [3.63, 3.8) is 0 Å². The Labute approximate surface area is 160 Å². The average molecular weight is 385 g/mol. The lowest BCUT2D eigenvalue weighted by atomic mass is 10.1. The van der Waals surface area contributed by atoms with Crippen molar-refractivity contribution in [2.24, 2.45) is 0 Å². The third kappa shape index (κ3) is 5.38. The third-order valence-electron chi connectivity index (χ3n) is 3.60. The maximum atomic E-state index is 12.5. The van der Waals surface area contributed by atoms with E-state index in [0.29, 0.717) is 11.3 Å². The minimum absolute atomic E-state index is 0.149. The fourth-order valence-corrected chi connectivity index (χ4v) is 2.26.